The molecule has 0 aliphatic heterocycles. The molecule has 34 heavy (non-hydrogen) atoms. The van der Waals surface area contributed by atoms with Gasteiger partial charge in [0.05, 0.1) is 22.3 Å². The summed E-state index contributed by atoms with van der Waals surface area (Å²) < 4.78 is 28.1. The van der Waals surface area contributed by atoms with Crippen LogP contribution in [0, 0.1) is 0 Å². The first kappa shape index (κ1) is 20.9. The van der Waals surface area contributed by atoms with Crippen LogP contribution >= 0.6 is 0 Å². The number of rotatable bonds is 5. The summed E-state index contributed by atoms with van der Waals surface area (Å²) in [5.41, 5.74) is 4.99. The van der Waals surface area contributed by atoms with E-state index in [9.17, 15) is 8.42 Å². The maximum Gasteiger partial charge on any atom is 0.242 e. The number of fused-ring (bicyclic) bond motifs is 2. The van der Waals surface area contributed by atoms with Gasteiger partial charge in [0.25, 0.3) is 0 Å². The van der Waals surface area contributed by atoms with Crippen molar-refractivity contribution in [3.63, 3.8) is 0 Å². The Labute approximate surface area is 197 Å². The molecule has 2 aromatic carbocycles. The first-order valence-electron chi connectivity index (χ1n) is 11.1. The predicted octanol–water partition coefficient (Wildman–Crippen LogP) is 4.27. The molecule has 1 aliphatic rings. The lowest BCUT2D eigenvalue weighted by atomic mass is 9.90. The summed E-state index contributed by atoms with van der Waals surface area (Å²) >= 11 is 0. The number of benzene rings is 2. The zero-order valence-corrected chi connectivity index (χ0v) is 19.7. The Hall–Kier alpha value is -3.62. The number of hydrogen-bond donors (Lipinski definition) is 0. The van der Waals surface area contributed by atoms with Crippen molar-refractivity contribution in [2.75, 3.05) is 14.1 Å². The van der Waals surface area contributed by atoms with E-state index in [0.29, 0.717) is 5.78 Å². The molecule has 0 saturated heterocycles. The van der Waals surface area contributed by atoms with Gasteiger partial charge in [0.15, 0.2) is 0 Å². The SMILES string of the molecule is CN(C)S(=O)(=O)c1ccc(-c2cnc3ncc(C4(c5cccc6cccnc56)CC4)n3c2)cc1. The molecular weight excluding hydrogens is 446 g/mol. The van der Waals surface area contributed by atoms with Gasteiger partial charge in [-0.15, -0.1) is 0 Å². The van der Waals surface area contributed by atoms with Gasteiger partial charge in [-0.25, -0.2) is 22.7 Å². The molecule has 0 atom stereocenters. The Balaban J connectivity index is 1.44. The van der Waals surface area contributed by atoms with Crippen LogP contribution in [0.25, 0.3) is 27.8 Å². The average molecular weight is 470 g/mol. The van der Waals surface area contributed by atoms with E-state index in [1.807, 2.05) is 36.8 Å². The topological polar surface area (TPSA) is 80.5 Å². The molecule has 3 heterocycles. The Morgan fingerprint density at radius 1 is 0.882 bits per heavy atom. The second kappa shape index (κ2) is 7.44. The van der Waals surface area contributed by atoms with Crippen LogP contribution in [0.5, 0.6) is 0 Å². The Morgan fingerprint density at radius 3 is 2.35 bits per heavy atom. The average Bonchev–Trinajstić information content (AvgIpc) is 3.55. The quantitative estimate of drug-likeness (QED) is 0.384. The minimum absolute atomic E-state index is 0.142. The Morgan fingerprint density at radius 2 is 1.62 bits per heavy atom. The van der Waals surface area contributed by atoms with Crippen molar-refractivity contribution in [3.8, 4) is 11.1 Å². The van der Waals surface area contributed by atoms with Gasteiger partial charge < -0.3 is 0 Å². The van der Waals surface area contributed by atoms with Crippen molar-refractivity contribution in [3.05, 3.63) is 90.6 Å². The van der Waals surface area contributed by atoms with E-state index in [2.05, 4.69) is 43.6 Å². The fourth-order valence-corrected chi connectivity index (χ4v) is 5.59. The van der Waals surface area contributed by atoms with E-state index in [1.165, 1.54) is 24.0 Å². The summed E-state index contributed by atoms with van der Waals surface area (Å²) in [4.78, 5) is 14.1. The van der Waals surface area contributed by atoms with Crippen molar-refractivity contribution in [2.45, 2.75) is 23.2 Å². The molecule has 6 rings (SSSR count). The van der Waals surface area contributed by atoms with Crippen LogP contribution < -0.4 is 0 Å². The number of para-hydroxylation sites is 1. The summed E-state index contributed by atoms with van der Waals surface area (Å²) in [6.45, 7) is 0. The van der Waals surface area contributed by atoms with Gasteiger partial charge in [-0.2, -0.15) is 0 Å². The smallest absolute Gasteiger partial charge is 0.242 e. The zero-order valence-electron chi connectivity index (χ0n) is 18.9. The molecule has 1 saturated carbocycles. The highest BCUT2D eigenvalue weighted by atomic mass is 32.2. The fourth-order valence-electron chi connectivity index (χ4n) is 4.69. The van der Waals surface area contributed by atoms with Crippen LogP contribution in [0.2, 0.25) is 0 Å². The molecule has 0 bridgehead atoms. The number of pyridine rings is 1. The van der Waals surface area contributed by atoms with Crippen LogP contribution in [0.1, 0.15) is 24.1 Å². The number of aromatic nitrogens is 4. The van der Waals surface area contributed by atoms with Crippen LogP contribution in [0.3, 0.4) is 0 Å². The largest absolute Gasteiger partial charge is 0.287 e. The number of hydrogen-bond acceptors (Lipinski definition) is 5. The van der Waals surface area contributed by atoms with Crippen molar-refractivity contribution in [2.24, 2.45) is 0 Å². The highest BCUT2D eigenvalue weighted by Crippen LogP contribution is 2.54. The molecule has 0 amide bonds. The number of nitrogens with zero attached hydrogens (tertiary/aromatic N) is 5. The molecule has 170 valence electrons. The molecule has 3 aromatic heterocycles. The molecule has 0 radical (unpaired) electrons. The van der Waals surface area contributed by atoms with Crippen molar-refractivity contribution < 1.29 is 8.42 Å². The molecule has 1 fully saturated rings. The highest BCUT2D eigenvalue weighted by Gasteiger charge is 2.49. The molecule has 0 spiro atoms. The molecule has 0 N–H and O–H groups in total. The fraction of sp³-hybridized carbons (Fsp3) is 0.192. The van der Waals surface area contributed by atoms with Crippen LogP contribution in [-0.2, 0) is 15.4 Å². The third-order valence-corrected chi connectivity index (χ3v) is 8.55. The van der Waals surface area contributed by atoms with Crippen LogP contribution in [0.4, 0.5) is 0 Å². The monoisotopic (exact) mass is 469 g/mol. The van der Waals surface area contributed by atoms with E-state index < -0.39 is 10.0 Å². The standard InChI is InChI=1S/C26H23N5O2S/c1-30(2)34(32,33)21-10-8-18(9-11-21)20-15-28-25-29-16-23(31(25)17-20)26(12-13-26)22-7-3-5-19-6-4-14-27-24(19)22/h3-11,14-17H,12-13H2,1-2H3. The highest BCUT2D eigenvalue weighted by molar-refractivity contribution is 7.89. The predicted molar refractivity (Wildman–Crippen MR) is 131 cm³/mol. The number of imidazole rings is 1. The number of sulfonamides is 1. The van der Waals surface area contributed by atoms with Crippen LogP contribution in [0.15, 0.2) is 84.3 Å². The minimum Gasteiger partial charge on any atom is -0.287 e. The molecular formula is C26H23N5O2S. The Bertz CT molecular complexity index is 1650. The lowest BCUT2D eigenvalue weighted by Gasteiger charge is -2.18. The summed E-state index contributed by atoms with van der Waals surface area (Å²) in [5, 5.41) is 1.13. The molecule has 7 nitrogen and oxygen atoms in total. The van der Waals surface area contributed by atoms with Crippen LogP contribution in [-0.4, -0.2) is 46.2 Å². The van der Waals surface area contributed by atoms with Gasteiger partial charge in [-0.3, -0.25) is 9.38 Å². The zero-order chi connectivity index (χ0) is 23.5. The maximum atomic E-state index is 12.4. The van der Waals surface area contributed by atoms with Gasteiger partial charge >= 0.3 is 0 Å². The van der Waals surface area contributed by atoms with Gasteiger partial charge in [0.2, 0.25) is 15.8 Å². The maximum absolute atomic E-state index is 12.4. The summed E-state index contributed by atoms with van der Waals surface area (Å²) in [7, 11) is -0.414. The summed E-state index contributed by atoms with van der Waals surface area (Å²) in [5.74, 6) is 0.644. The second-order valence-corrected chi connectivity index (χ2v) is 11.1. The van der Waals surface area contributed by atoms with E-state index >= 15 is 0 Å². The van der Waals surface area contributed by atoms with E-state index in [-0.39, 0.29) is 10.3 Å². The summed E-state index contributed by atoms with van der Waals surface area (Å²) in [6.07, 6.45) is 9.64. The third kappa shape index (κ3) is 3.13. The normalized spacial score (nSPS) is 15.3. The van der Waals surface area contributed by atoms with E-state index in [4.69, 9.17) is 0 Å². The van der Waals surface area contributed by atoms with E-state index in [1.54, 1.807) is 18.3 Å². The lowest BCUT2D eigenvalue weighted by Crippen LogP contribution is -2.22. The molecule has 5 aromatic rings. The molecule has 0 unspecified atom stereocenters. The third-order valence-electron chi connectivity index (χ3n) is 6.72. The molecule has 8 heteroatoms. The molecule has 1 aliphatic carbocycles. The van der Waals surface area contributed by atoms with Gasteiger partial charge in [0, 0.05) is 49.1 Å². The Kier molecular flexibility index (Phi) is 4.59. The summed E-state index contributed by atoms with van der Waals surface area (Å²) in [6, 6.07) is 17.3. The first-order valence-corrected chi connectivity index (χ1v) is 12.5. The van der Waals surface area contributed by atoms with Crippen molar-refractivity contribution in [1.82, 2.24) is 23.7 Å². The van der Waals surface area contributed by atoms with Gasteiger partial charge in [0.1, 0.15) is 0 Å². The minimum atomic E-state index is -3.47. The second-order valence-electron chi connectivity index (χ2n) is 8.93. The van der Waals surface area contributed by atoms with Crippen molar-refractivity contribution >= 4 is 26.7 Å². The lowest BCUT2D eigenvalue weighted by molar-refractivity contribution is 0.521. The van der Waals surface area contributed by atoms with Gasteiger partial charge in [-0.05, 0) is 42.2 Å². The van der Waals surface area contributed by atoms with Gasteiger partial charge in [-0.1, -0.05) is 36.4 Å². The van der Waals surface area contributed by atoms with Crippen molar-refractivity contribution in [1.29, 1.82) is 0 Å². The van der Waals surface area contributed by atoms with E-state index in [0.717, 1.165) is 40.6 Å². The first-order chi connectivity index (χ1) is 16.4.